The van der Waals surface area contributed by atoms with Crippen molar-refractivity contribution in [2.75, 3.05) is 0 Å². The Morgan fingerprint density at radius 2 is 2.25 bits per heavy atom. The maximum atomic E-state index is 11.9. The van der Waals surface area contributed by atoms with Crippen molar-refractivity contribution in [1.29, 1.82) is 0 Å². The van der Waals surface area contributed by atoms with Gasteiger partial charge in [0.1, 0.15) is 5.82 Å². The molecule has 0 bridgehead atoms. The second kappa shape index (κ2) is 7.04. The summed E-state index contributed by atoms with van der Waals surface area (Å²) < 4.78 is 1.91. The molecular formula is C13H24ClN5O. The first-order valence-corrected chi connectivity index (χ1v) is 6.99. The third-order valence-electron chi connectivity index (χ3n) is 3.59. The number of hydrogen-bond donors (Lipinski definition) is 2. The highest BCUT2D eigenvalue weighted by Gasteiger charge is 2.25. The van der Waals surface area contributed by atoms with Gasteiger partial charge in [-0.1, -0.05) is 20.8 Å². The molecule has 1 aromatic heterocycles. The summed E-state index contributed by atoms with van der Waals surface area (Å²) in [5, 5.41) is 7.45. The lowest BCUT2D eigenvalue weighted by Gasteiger charge is -2.25. The molecule has 20 heavy (non-hydrogen) atoms. The second-order valence-corrected chi connectivity index (χ2v) is 5.49. The Labute approximate surface area is 125 Å². The number of carbonyl (C=O) groups is 1. The minimum Gasteiger partial charge on any atom is -0.350 e. The number of nitrogens with zero attached hydrogens (tertiary/aromatic N) is 3. The molecular weight excluding hydrogens is 278 g/mol. The van der Waals surface area contributed by atoms with Gasteiger partial charge in [-0.25, -0.2) is 9.67 Å². The van der Waals surface area contributed by atoms with Crippen LogP contribution in [0.25, 0.3) is 0 Å². The lowest BCUT2D eigenvalue weighted by Crippen LogP contribution is -2.50. The number of carbonyl (C=O) groups excluding carboxylic acids is 1. The Morgan fingerprint density at radius 3 is 2.85 bits per heavy atom. The SMILES string of the molecule is CCc1nc2n(n1)CC(NC(=O)[C@@H](N)C(C)C)CC2.Cl. The molecule has 1 unspecified atom stereocenters. The van der Waals surface area contributed by atoms with Crippen molar-refractivity contribution in [1.82, 2.24) is 20.1 Å². The van der Waals surface area contributed by atoms with E-state index in [2.05, 4.69) is 15.4 Å². The summed E-state index contributed by atoms with van der Waals surface area (Å²) in [6, 6.07) is -0.334. The molecule has 0 fully saturated rings. The summed E-state index contributed by atoms with van der Waals surface area (Å²) in [5.74, 6) is 1.98. The average molecular weight is 302 g/mol. The van der Waals surface area contributed by atoms with Crippen LogP contribution in [0.5, 0.6) is 0 Å². The van der Waals surface area contributed by atoms with Gasteiger partial charge in [0.25, 0.3) is 0 Å². The molecule has 6 nitrogen and oxygen atoms in total. The summed E-state index contributed by atoms with van der Waals surface area (Å²) in [5.41, 5.74) is 5.85. The molecule has 1 aromatic rings. The minimum atomic E-state index is -0.441. The Hall–Kier alpha value is -1.14. The fraction of sp³-hybridized carbons (Fsp3) is 0.769. The van der Waals surface area contributed by atoms with Crippen molar-refractivity contribution < 1.29 is 4.79 Å². The minimum absolute atomic E-state index is 0. The quantitative estimate of drug-likeness (QED) is 0.856. The van der Waals surface area contributed by atoms with Gasteiger partial charge in [-0.05, 0) is 12.3 Å². The number of aryl methyl sites for hydroxylation is 2. The lowest BCUT2D eigenvalue weighted by molar-refractivity contribution is -0.124. The molecule has 1 aliphatic rings. The van der Waals surface area contributed by atoms with E-state index < -0.39 is 6.04 Å². The average Bonchev–Trinajstić information content (AvgIpc) is 2.79. The van der Waals surface area contributed by atoms with Gasteiger partial charge in [0.15, 0.2) is 5.82 Å². The van der Waals surface area contributed by atoms with Crippen molar-refractivity contribution in [3.05, 3.63) is 11.6 Å². The molecule has 2 rings (SSSR count). The van der Waals surface area contributed by atoms with E-state index in [0.717, 1.165) is 30.9 Å². The monoisotopic (exact) mass is 301 g/mol. The van der Waals surface area contributed by atoms with Crippen LogP contribution in [-0.4, -0.2) is 32.8 Å². The van der Waals surface area contributed by atoms with Gasteiger partial charge in [0, 0.05) is 18.9 Å². The van der Waals surface area contributed by atoms with Crippen molar-refractivity contribution in [3.63, 3.8) is 0 Å². The largest absolute Gasteiger partial charge is 0.350 e. The van der Waals surface area contributed by atoms with Crippen LogP contribution in [0.3, 0.4) is 0 Å². The van der Waals surface area contributed by atoms with Gasteiger partial charge < -0.3 is 11.1 Å². The number of halogens is 1. The van der Waals surface area contributed by atoms with E-state index in [4.69, 9.17) is 5.73 Å². The number of nitrogens with two attached hydrogens (primary N) is 1. The van der Waals surface area contributed by atoms with Crippen LogP contribution < -0.4 is 11.1 Å². The third-order valence-corrected chi connectivity index (χ3v) is 3.59. The van der Waals surface area contributed by atoms with Crippen LogP contribution in [0.2, 0.25) is 0 Å². The topological polar surface area (TPSA) is 85.8 Å². The Bertz CT molecular complexity index is 460. The molecule has 0 radical (unpaired) electrons. The first-order valence-electron chi connectivity index (χ1n) is 6.99. The summed E-state index contributed by atoms with van der Waals surface area (Å²) in [6.07, 6.45) is 2.60. The second-order valence-electron chi connectivity index (χ2n) is 5.49. The predicted octanol–water partition coefficient (Wildman–Crippen LogP) is 0.677. The molecule has 114 valence electrons. The highest BCUT2D eigenvalue weighted by molar-refractivity contribution is 5.85. The van der Waals surface area contributed by atoms with E-state index in [0.29, 0.717) is 6.54 Å². The Balaban J connectivity index is 0.00000200. The number of amides is 1. The third kappa shape index (κ3) is 3.70. The zero-order valence-electron chi connectivity index (χ0n) is 12.3. The number of hydrogen-bond acceptors (Lipinski definition) is 4. The first-order chi connectivity index (χ1) is 9.01. The zero-order valence-corrected chi connectivity index (χ0v) is 13.1. The number of fused-ring (bicyclic) bond motifs is 1. The highest BCUT2D eigenvalue weighted by Crippen LogP contribution is 2.13. The molecule has 7 heteroatoms. The molecule has 1 aliphatic heterocycles. The van der Waals surface area contributed by atoms with Gasteiger partial charge in [-0.3, -0.25) is 4.79 Å². The molecule has 0 aliphatic carbocycles. The van der Waals surface area contributed by atoms with Gasteiger partial charge in [0.2, 0.25) is 5.91 Å². The fourth-order valence-electron chi connectivity index (χ4n) is 2.23. The normalized spacial score (nSPS) is 19.1. The Morgan fingerprint density at radius 1 is 1.55 bits per heavy atom. The molecule has 0 aromatic carbocycles. The number of rotatable bonds is 4. The molecule has 2 atom stereocenters. The lowest BCUT2D eigenvalue weighted by atomic mass is 10.0. The van der Waals surface area contributed by atoms with Crippen molar-refractivity contribution in [2.45, 2.75) is 58.7 Å². The maximum absolute atomic E-state index is 11.9. The number of aromatic nitrogens is 3. The van der Waals surface area contributed by atoms with E-state index in [-0.39, 0.29) is 30.3 Å². The Kier molecular flexibility index (Phi) is 5.95. The molecule has 1 amide bonds. The van der Waals surface area contributed by atoms with E-state index >= 15 is 0 Å². The van der Waals surface area contributed by atoms with Crippen LogP contribution in [0.4, 0.5) is 0 Å². The smallest absolute Gasteiger partial charge is 0.237 e. The van der Waals surface area contributed by atoms with Crippen LogP contribution in [0.15, 0.2) is 0 Å². The summed E-state index contributed by atoms with van der Waals surface area (Å²) in [7, 11) is 0. The molecule has 0 saturated heterocycles. The van der Waals surface area contributed by atoms with Crippen LogP contribution in [-0.2, 0) is 24.2 Å². The van der Waals surface area contributed by atoms with Crippen LogP contribution in [0.1, 0.15) is 38.8 Å². The molecule has 2 heterocycles. The highest BCUT2D eigenvalue weighted by atomic mass is 35.5. The van der Waals surface area contributed by atoms with E-state index in [9.17, 15) is 4.79 Å². The summed E-state index contributed by atoms with van der Waals surface area (Å²) in [6.45, 7) is 6.64. The fourth-order valence-corrected chi connectivity index (χ4v) is 2.23. The van der Waals surface area contributed by atoms with Gasteiger partial charge in [-0.15, -0.1) is 12.4 Å². The molecule has 3 N–H and O–H groups in total. The molecule has 0 saturated carbocycles. The van der Waals surface area contributed by atoms with Crippen molar-refractivity contribution >= 4 is 18.3 Å². The van der Waals surface area contributed by atoms with Crippen LogP contribution >= 0.6 is 12.4 Å². The van der Waals surface area contributed by atoms with Crippen molar-refractivity contribution in [2.24, 2.45) is 11.7 Å². The predicted molar refractivity (Wildman–Crippen MR) is 79.7 cm³/mol. The molecule has 0 spiro atoms. The first kappa shape index (κ1) is 16.9. The van der Waals surface area contributed by atoms with Crippen molar-refractivity contribution in [3.8, 4) is 0 Å². The summed E-state index contributed by atoms with van der Waals surface area (Å²) >= 11 is 0. The number of nitrogens with one attached hydrogen (secondary N) is 1. The maximum Gasteiger partial charge on any atom is 0.237 e. The van der Waals surface area contributed by atoms with Gasteiger partial charge >= 0.3 is 0 Å². The standard InChI is InChI=1S/C13H23N5O.ClH/c1-4-10-16-11-6-5-9(7-18(11)17-10)15-13(19)12(14)8(2)3;/h8-9,12H,4-7,14H2,1-3H3,(H,15,19);1H/t9?,12-;/m0./s1. The van der Waals surface area contributed by atoms with E-state index in [1.54, 1.807) is 0 Å². The van der Waals surface area contributed by atoms with E-state index in [1.807, 2.05) is 25.5 Å². The van der Waals surface area contributed by atoms with Crippen LogP contribution in [0, 0.1) is 5.92 Å². The van der Waals surface area contributed by atoms with E-state index in [1.165, 1.54) is 0 Å². The summed E-state index contributed by atoms with van der Waals surface area (Å²) in [4.78, 5) is 16.4. The zero-order chi connectivity index (χ0) is 14.0. The van der Waals surface area contributed by atoms with Gasteiger partial charge in [0.05, 0.1) is 12.6 Å². The van der Waals surface area contributed by atoms with Gasteiger partial charge in [-0.2, -0.15) is 5.10 Å².